The second-order valence-corrected chi connectivity index (χ2v) is 26.2. The standard InChI is InChI=1S/C28H38FN3O2.C22H35BrO2.C6H4FN3.CH2O3.CH4.2K.H/c1-26(34)13-14-27(2)17(15-26)7-8-18-19-9-10-21(28(19,3)12-11-20(18)27)24(33)16-32-30-23-6-4-5-22(29)25(23)31-32;1-20(25)10-11-21(2)14(12-20)4-5-15-16-6-7-18(19(24)13-23)22(16,3)9-8-17(15)21;7-4-2-1-3-5-6(4)9-10-8-5;2-1-4-3;;;;/h4-6,17-21,34H,7-16H2,1-3H3;14-18,25H,4-13H2,1-3H3;1-3H,(H,8,9,10);1,3H;1H4;;;/q;;;;;2*+1;-1/p-1/t17-,18-,19-,20-,21+,26+,27-,28-;14-,15-,16-,17-,18+,20+,21-,22-;;;;;;/m00....../s1. The fraction of sp³-hybridized carbons (Fsp3) is 0.741. The Morgan fingerprint density at radius 3 is 1.59 bits per heavy atom. The van der Waals surface area contributed by atoms with Crippen LogP contribution in [0, 0.1) is 92.5 Å². The predicted octanol–water partition coefficient (Wildman–Crippen LogP) is 5.20. The van der Waals surface area contributed by atoms with Crippen molar-refractivity contribution in [2.75, 3.05) is 5.33 Å². The molecule has 18 heteroatoms. The van der Waals surface area contributed by atoms with Crippen molar-refractivity contribution in [3.8, 4) is 0 Å². The van der Waals surface area contributed by atoms with Gasteiger partial charge in [-0.05, 0) is 223 Å². The van der Waals surface area contributed by atoms with Gasteiger partial charge in [-0.25, -0.2) is 8.78 Å². The van der Waals surface area contributed by atoms with E-state index in [1.54, 1.807) is 24.3 Å². The molecule has 0 bridgehead atoms. The smallest absolute Gasteiger partial charge is 1.00 e. The summed E-state index contributed by atoms with van der Waals surface area (Å²) in [5, 5.41) is 48.6. The van der Waals surface area contributed by atoms with Crippen LogP contribution in [0.15, 0.2) is 36.4 Å². The normalized spacial score (nSPS) is 39.4. The maximum atomic E-state index is 14.1. The molecule has 0 aliphatic heterocycles. The summed E-state index contributed by atoms with van der Waals surface area (Å²) >= 11 is 3.43. The van der Waals surface area contributed by atoms with E-state index in [4.69, 9.17) is 10.1 Å². The topological polar surface area (TPSA) is 196 Å². The number of hydrogen-bond acceptors (Lipinski definition) is 11. The second-order valence-electron chi connectivity index (χ2n) is 25.6. The van der Waals surface area contributed by atoms with Gasteiger partial charge in [-0.3, -0.25) is 14.4 Å². The molecule has 2 aromatic heterocycles. The van der Waals surface area contributed by atoms with Crippen LogP contribution in [0.5, 0.6) is 0 Å². The van der Waals surface area contributed by atoms with Crippen molar-refractivity contribution in [1.82, 2.24) is 30.4 Å². The summed E-state index contributed by atoms with van der Waals surface area (Å²) in [7, 11) is 0. The summed E-state index contributed by atoms with van der Waals surface area (Å²) in [6.07, 6.45) is 20.5. The third-order valence-electron chi connectivity index (χ3n) is 21.9. The largest absolute Gasteiger partial charge is 1.00 e. The van der Waals surface area contributed by atoms with Crippen molar-refractivity contribution < 1.29 is 148 Å². The van der Waals surface area contributed by atoms with Gasteiger partial charge in [0.1, 0.15) is 34.4 Å². The first-order valence-electron chi connectivity index (χ1n) is 27.3. The zero-order valence-electron chi connectivity index (χ0n) is 46.8. The molecule has 8 saturated carbocycles. The molecule has 0 amide bonds. The molecule has 16 atom stereocenters. The number of ketones is 2. The van der Waals surface area contributed by atoms with Crippen molar-refractivity contribution in [1.29, 1.82) is 0 Å². The number of aromatic nitrogens is 6. The van der Waals surface area contributed by atoms with Crippen molar-refractivity contribution in [2.24, 2.45) is 80.8 Å². The van der Waals surface area contributed by atoms with Crippen molar-refractivity contribution >= 4 is 56.0 Å². The molecule has 0 saturated heterocycles. The molecular formula is C58H83BrF2K2N6O7. The van der Waals surface area contributed by atoms with Crippen molar-refractivity contribution in [2.45, 2.75) is 182 Å². The van der Waals surface area contributed by atoms with Crippen molar-refractivity contribution in [3.63, 3.8) is 0 Å². The Bertz CT molecular complexity index is 2670. The molecule has 410 valence electrons. The number of benzene rings is 2. The molecule has 3 N–H and O–H groups in total. The van der Waals surface area contributed by atoms with Gasteiger partial charge in [0.05, 0.1) is 16.5 Å². The number of fused-ring (bicyclic) bond motifs is 12. The summed E-state index contributed by atoms with van der Waals surface area (Å²) in [6, 6.07) is 9.39. The predicted molar refractivity (Wildman–Crippen MR) is 282 cm³/mol. The molecule has 8 fully saturated rings. The van der Waals surface area contributed by atoms with Crippen LogP contribution < -0.4 is 108 Å². The van der Waals surface area contributed by atoms with E-state index in [0.717, 1.165) is 81.5 Å². The quantitative estimate of drug-likeness (QED) is 0.0756. The average Bonchev–Trinajstić information content (AvgIpc) is 4.17. The van der Waals surface area contributed by atoms with Crippen LogP contribution in [-0.2, 0) is 25.8 Å². The summed E-state index contributed by atoms with van der Waals surface area (Å²) in [5.74, 6) is 5.96. The third-order valence-corrected chi connectivity index (χ3v) is 22.4. The van der Waals surface area contributed by atoms with E-state index in [9.17, 15) is 28.6 Å². The van der Waals surface area contributed by atoms with Crippen LogP contribution in [0.2, 0.25) is 0 Å². The minimum atomic E-state index is -0.501. The van der Waals surface area contributed by atoms with Crippen LogP contribution in [-0.4, -0.2) is 75.2 Å². The van der Waals surface area contributed by atoms with Gasteiger partial charge in [0, 0.05) is 11.8 Å². The Kier molecular flexibility index (Phi) is 21.8. The number of aliphatic hydroxyl groups is 2. The molecule has 0 unspecified atom stereocenters. The average molecular weight is 1170 g/mol. The van der Waals surface area contributed by atoms with Crippen LogP contribution in [0.3, 0.4) is 0 Å². The fourth-order valence-corrected chi connectivity index (χ4v) is 18.5. The first-order valence-corrected chi connectivity index (χ1v) is 28.5. The van der Waals surface area contributed by atoms with Crippen LogP contribution in [0.4, 0.5) is 8.78 Å². The summed E-state index contributed by atoms with van der Waals surface area (Å²) < 4.78 is 26.8. The number of carbonyl (C=O) groups is 3. The molecule has 8 aliphatic rings. The number of halogens is 3. The number of para-hydroxylation sites is 1. The van der Waals surface area contributed by atoms with Gasteiger partial charge in [-0.2, -0.15) is 25.3 Å². The fourth-order valence-electron chi connectivity index (χ4n) is 18.1. The Morgan fingerprint density at radius 2 is 1.13 bits per heavy atom. The van der Waals surface area contributed by atoms with E-state index in [2.05, 4.69) is 74.1 Å². The van der Waals surface area contributed by atoms with Crippen LogP contribution in [0.25, 0.3) is 22.1 Å². The van der Waals surface area contributed by atoms with Gasteiger partial charge in [-0.15, -0.1) is 5.10 Å². The molecule has 2 heterocycles. The minimum Gasteiger partial charge on any atom is -1.00 e. The van der Waals surface area contributed by atoms with Gasteiger partial charge in [0.25, 0.3) is 6.47 Å². The number of aromatic amines is 1. The number of carbonyl (C=O) groups excluding carboxylic acids is 3. The van der Waals surface area contributed by atoms with E-state index in [0.29, 0.717) is 62.2 Å². The number of Topliss-reactive ketones (excluding diaryl/α,β-unsaturated/α-hetero) is 2. The number of hydrogen-bond donors (Lipinski definition) is 3. The van der Waals surface area contributed by atoms with E-state index >= 15 is 0 Å². The van der Waals surface area contributed by atoms with Crippen LogP contribution >= 0.6 is 15.9 Å². The first kappa shape index (κ1) is 64.7. The zero-order valence-corrected chi connectivity index (χ0v) is 53.6. The Morgan fingerprint density at radius 1 is 0.671 bits per heavy atom. The second kappa shape index (κ2) is 25.6. The molecule has 0 radical (unpaired) electrons. The molecular weight excluding hydrogens is 1090 g/mol. The van der Waals surface area contributed by atoms with Gasteiger partial charge >= 0.3 is 103 Å². The molecule has 13 nitrogen and oxygen atoms in total. The number of nitrogens with one attached hydrogen (secondary N) is 1. The molecule has 12 rings (SSSR count). The third kappa shape index (κ3) is 12.4. The van der Waals surface area contributed by atoms with Crippen molar-refractivity contribution in [3.05, 3.63) is 48.0 Å². The van der Waals surface area contributed by atoms with Gasteiger partial charge < -0.3 is 21.8 Å². The van der Waals surface area contributed by atoms with Gasteiger partial charge in [0.2, 0.25) is 0 Å². The van der Waals surface area contributed by atoms with Gasteiger partial charge in [-0.1, -0.05) is 63.2 Å². The molecule has 76 heavy (non-hydrogen) atoms. The van der Waals surface area contributed by atoms with E-state index in [-0.39, 0.29) is 164 Å². The minimum absolute atomic E-state index is 0. The Hall–Kier alpha value is -0.457. The van der Waals surface area contributed by atoms with Crippen LogP contribution in [0.1, 0.15) is 166 Å². The monoisotopic (exact) mass is 1170 g/mol. The first-order chi connectivity index (χ1) is 34.6. The molecule has 8 aliphatic carbocycles. The Balaban J connectivity index is 0.000000223. The molecule has 2 aromatic carbocycles. The number of alkyl halides is 1. The maximum absolute atomic E-state index is 14.1. The van der Waals surface area contributed by atoms with E-state index < -0.39 is 17.0 Å². The number of nitrogens with zero attached hydrogens (tertiary/aromatic N) is 5. The Labute approximate surface area is 543 Å². The summed E-state index contributed by atoms with van der Waals surface area (Å²) in [4.78, 5) is 38.7. The zero-order chi connectivity index (χ0) is 52.3. The van der Waals surface area contributed by atoms with Gasteiger partial charge in [0.15, 0.2) is 17.4 Å². The number of H-pyrrole nitrogens is 1. The molecule has 4 aromatic rings. The van der Waals surface area contributed by atoms with E-state index in [1.807, 2.05) is 13.8 Å². The van der Waals surface area contributed by atoms with E-state index in [1.165, 1.54) is 74.7 Å². The molecule has 0 spiro atoms. The maximum Gasteiger partial charge on any atom is 1.00 e. The summed E-state index contributed by atoms with van der Waals surface area (Å²) in [5.41, 5.74) is 1.68. The summed E-state index contributed by atoms with van der Waals surface area (Å²) in [6.45, 7) is 13.9. The SMILES string of the molecule is C.C[C@@]1(O)CC[C@@]2(C)[C@@H](CC[C@@H]3[C@@H]2CC[C@]2(C)[C@@H](C(=O)CBr)CC[C@@H]32)C1.C[C@@]1(O)CC[C@@]2(C)[C@@H](CC[C@@H]3[C@@H]2CC[C@]2(C)[C@@H](C(=O)Cn4nc5cccc(F)c5n4)CC[C@@H]32)C1.Fc1cccc2n[nH]nc12.O=CO[O-].[H-].[K+].[K+]. The number of rotatable bonds is 6.